The first-order chi connectivity index (χ1) is 11.5. The Labute approximate surface area is 150 Å². The molecule has 0 spiro atoms. The van der Waals surface area contributed by atoms with Gasteiger partial charge in [0.1, 0.15) is 0 Å². The quantitative estimate of drug-likeness (QED) is 0.835. The lowest BCUT2D eigenvalue weighted by atomic mass is 10.0. The Hall–Kier alpha value is -1.40. The fraction of sp³-hybridized carbons (Fsp3) is 0.556. The summed E-state index contributed by atoms with van der Waals surface area (Å²) >= 11 is 3.49. The molecule has 1 aromatic rings. The summed E-state index contributed by atoms with van der Waals surface area (Å²) in [5.74, 6) is 1.20. The Kier molecular flexibility index (Phi) is 4.12. The molecule has 1 aromatic carbocycles. The van der Waals surface area contributed by atoms with E-state index >= 15 is 0 Å². The van der Waals surface area contributed by atoms with Crippen LogP contribution in [0, 0.1) is 24.7 Å². The molecule has 4 rings (SSSR count). The van der Waals surface area contributed by atoms with E-state index in [4.69, 9.17) is 0 Å². The van der Waals surface area contributed by atoms with E-state index in [1.165, 1.54) is 0 Å². The number of carbonyl (C=O) groups is 2. The minimum Gasteiger partial charge on any atom is -0.342 e. The highest BCUT2D eigenvalue weighted by molar-refractivity contribution is 9.10. The SMILES string of the molecule is Cc1cc(N2CC(C(=O)N3C[C@H]4CNC[C@H]4C3)CC2=O)ccc1Br. The van der Waals surface area contributed by atoms with Crippen molar-refractivity contribution in [3.8, 4) is 0 Å². The maximum Gasteiger partial charge on any atom is 0.228 e. The Morgan fingerprint density at radius 3 is 2.58 bits per heavy atom. The van der Waals surface area contributed by atoms with Gasteiger partial charge in [-0.2, -0.15) is 0 Å². The number of amides is 2. The molecule has 2 amide bonds. The number of aryl methyl sites for hydroxylation is 1. The van der Waals surface area contributed by atoms with Gasteiger partial charge in [-0.25, -0.2) is 0 Å². The monoisotopic (exact) mass is 391 g/mol. The molecule has 3 aliphatic rings. The van der Waals surface area contributed by atoms with Crippen LogP contribution in [0.15, 0.2) is 22.7 Å². The number of hydrogen-bond acceptors (Lipinski definition) is 3. The molecule has 0 aliphatic carbocycles. The van der Waals surface area contributed by atoms with Crippen molar-refractivity contribution in [3.63, 3.8) is 0 Å². The number of carbonyl (C=O) groups excluding carboxylic acids is 2. The second-order valence-electron chi connectivity index (χ2n) is 7.26. The lowest BCUT2D eigenvalue weighted by molar-refractivity contribution is -0.135. The molecule has 6 heteroatoms. The molecule has 3 atom stereocenters. The lowest BCUT2D eigenvalue weighted by Gasteiger charge is -2.22. The number of hydrogen-bond donors (Lipinski definition) is 1. The highest BCUT2D eigenvalue weighted by Gasteiger charge is 2.43. The topological polar surface area (TPSA) is 52.7 Å². The first-order valence-electron chi connectivity index (χ1n) is 8.59. The summed E-state index contributed by atoms with van der Waals surface area (Å²) in [5, 5.41) is 3.39. The maximum absolute atomic E-state index is 12.8. The highest BCUT2D eigenvalue weighted by atomic mass is 79.9. The number of rotatable bonds is 2. The molecule has 0 saturated carbocycles. The van der Waals surface area contributed by atoms with Crippen LogP contribution in [0.25, 0.3) is 0 Å². The molecule has 128 valence electrons. The number of halogens is 1. The fourth-order valence-electron chi connectivity index (χ4n) is 4.21. The van der Waals surface area contributed by atoms with Gasteiger partial charge in [0.15, 0.2) is 0 Å². The predicted molar refractivity (Wildman–Crippen MR) is 95.8 cm³/mol. The van der Waals surface area contributed by atoms with Crippen molar-refractivity contribution in [2.45, 2.75) is 13.3 Å². The van der Waals surface area contributed by atoms with E-state index in [1.807, 2.05) is 30.0 Å². The van der Waals surface area contributed by atoms with E-state index in [9.17, 15) is 9.59 Å². The van der Waals surface area contributed by atoms with E-state index in [0.717, 1.165) is 41.9 Å². The summed E-state index contributed by atoms with van der Waals surface area (Å²) in [4.78, 5) is 29.0. The predicted octanol–water partition coefficient (Wildman–Crippen LogP) is 1.79. The number of anilines is 1. The third-order valence-electron chi connectivity index (χ3n) is 5.63. The molecule has 0 bridgehead atoms. The third kappa shape index (κ3) is 2.75. The van der Waals surface area contributed by atoms with Crippen LogP contribution >= 0.6 is 15.9 Å². The van der Waals surface area contributed by atoms with Crippen molar-refractivity contribution < 1.29 is 9.59 Å². The van der Waals surface area contributed by atoms with E-state index in [1.54, 1.807) is 4.90 Å². The van der Waals surface area contributed by atoms with Crippen molar-refractivity contribution in [1.29, 1.82) is 0 Å². The molecule has 5 nitrogen and oxygen atoms in total. The number of fused-ring (bicyclic) bond motifs is 1. The van der Waals surface area contributed by atoms with Crippen molar-refractivity contribution in [2.75, 3.05) is 37.6 Å². The molecule has 1 N–H and O–H groups in total. The maximum atomic E-state index is 12.8. The summed E-state index contributed by atoms with van der Waals surface area (Å²) < 4.78 is 1.03. The lowest BCUT2D eigenvalue weighted by Crippen LogP contribution is -2.37. The van der Waals surface area contributed by atoms with E-state index in [2.05, 4.69) is 21.2 Å². The smallest absolute Gasteiger partial charge is 0.228 e. The zero-order valence-electron chi connectivity index (χ0n) is 13.8. The van der Waals surface area contributed by atoms with Gasteiger partial charge in [-0.05, 0) is 42.5 Å². The minimum absolute atomic E-state index is 0.0520. The fourth-order valence-corrected chi connectivity index (χ4v) is 4.46. The van der Waals surface area contributed by atoms with Crippen LogP contribution in [0.1, 0.15) is 12.0 Å². The molecular formula is C18H22BrN3O2. The molecule has 3 heterocycles. The Balaban J connectivity index is 1.45. The van der Waals surface area contributed by atoms with Crippen molar-refractivity contribution in [2.24, 2.45) is 17.8 Å². The molecule has 3 saturated heterocycles. The van der Waals surface area contributed by atoms with Crippen LogP contribution in [0.2, 0.25) is 0 Å². The Morgan fingerprint density at radius 1 is 1.21 bits per heavy atom. The minimum atomic E-state index is -0.201. The first kappa shape index (κ1) is 16.1. The van der Waals surface area contributed by atoms with Gasteiger partial charge in [0.25, 0.3) is 0 Å². The van der Waals surface area contributed by atoms with Gasteiger partial charge in [-0.15, -0.1) is 0 Å². The molecule has 1 unspecified atom stereocenters. The van der Waals surface area contributed by atoms with Gasteiger partial charge in [0, 0.05) is 49.3 Å². The Morgan fingerprint density at radius 2 is 1.92 bits per heavy atom. The largest absolute Gasteiger partial charge is 0.342 e. The Bertz CT molecular complexity index is 681. The average Bonchev–Trinajstić information content (AvgIpc) is 3.23. The molecule has 3 fully saturated rings. The van der Waals surface area contributed by atoms with Crippen LogP contribution in [0.3, 0.4) is 0 Å². The zero-order valence-corrected chi connectivity index (χ0v) is 15.4. The second-order valence-corrected chi connectivity index (χ2v) is 8.11. The van der Waals surface area contributed by atoms with Crippen molar-refractivity contribution >= 4 is 33.4 Å². The number of nitrogens with zero attached hydrogens (tertiary/aromatic N) is 2. The average molecular weight is 392 g/mol. The van der Waals surface area contributed by atoms with E-state index in [0.29, 0.717) is 24.8 Å². The number of likely N-dealkylation sites (tertiary alicyclic amines) is 1. The molecule has 0 aromatic heterocycles. The molecule has 3 aliphatic heterocycles. The zero-order chi connectivity index (χ0) is 16.8. The van der Waals surface area contributed by atoms with Crippen LogP contribution < -0.4 is 10.2 Å². The number of nitrogens with one attached hydrogen (secondary N) is 1. The van der Waals surface area contributed by atoms with Crippen LogP contribution in [-0.4, -0.2) is 49.4 Å². The van der Waals surface area contributed by atoms with Crippen LogP contribution in [0.5, 0.6) is 0 Å². The first-order valence-corrected chi connectivity index (χ1v) is 9.38. The number of benzene rings is 1. The van der Waals surface area contributed by atoms with Crippen molar-refractivity contribution in [1.82, 2.24) is 10.2 Å². The summed E-state index contributed by atoms with van der Waals surface area (Å²) in [5.41, 5.74) is 1.98. The third-order valence-corrected chi connectivity index (χ3v) is 6.52. The molecule has 0 radical (unpaired) electrons. The van der Waals surface area contributed by atoms with Crippen molar-refractivity contribution in [3.05, 3.63) is 28.2 Å². The summed E-state index contributed by atoms with van der Waals surface area (Å²) in [6.45, 7) is 6.23. The summed E-state index contributed by atoms with van der Waals surface area (Å²) in [7, 11) is 0. The van der Waals surface area contributed by atoms with Gasteiger partial charge in [0.2, 0.25) is 11.8 Å². The van der Waals surface area contributed by atoms with Gasteiger partial charge in [-0.1, -0.05) is 15.9 Å². The summed E-state index contributed by atoms with van der Waals surface area (Å²) in [6, 6.07) is 5.90. The second kappa shape index (κ2) is 6.15. The normalized spacial score (nSPS) is 29.4. The standard InChI is InChI=1S/C18H22BrN3O2/c1-11-4-15(2-3-16(11)19)22-10-12(5-17(22)23)18(24)21-8-13-6-20-7-14(13)9-21/h2-4,12-14,20H,5-10H2,1H3/t12?,13-,14+. The molecule has 24 heavy (non-hydrogen) atoms. The highest BCUT2D eigenvalue weighted by Crippen LogP contribution is 2.32. The molecular weight excluding hydrogens is 370 g/mol. The van der Waals surface area contributed by atoms with Gasteiger partial charge in [0.05, 0.1) is 5.92 Å². The van der Waals surface area contributed by atoms with Gasteiger partial charge < -0.3 is 15.1 Å². The van der Waals surface area contributed by atoms with Crippen LogP contribution in [-0.2, 0) is 9.59 Å². The van der Waals surface area contributed by atoms with Crippen LogP contribution in [0.4, 0.5) is 5.69 Å². The summed E-state index contributed by atoms with van der Waals surface area (Å²) in [6.07, 6.45) is 0.331. The van der Waals surface area contributed by atoms with E-state index in [-0.39, 0.29) is 17.7 Å². The van der Waals surface area contributed by atoms with Gasteiger partial charge >= 0.3 is 0 Å². The van der Waals surface area contributed by atoms with E-state index < -0.39 is 0 Å². The van der Waals surface area contributed by atoms with Gasteiger partial charge in [-0.3, -0.25) is 9.59 Å².